The standard InChI is InChI=1S/C14H18N2O/c1-3-7-15-14(17)10-16-8-6-12-5-4-11(2)9-13(12)16/h4-6,8-9H,3,7,10H2,1-2H3,(H,15,17). The lowest BCUT2D eigenvalue weighted by Crippen LogP contribution is -2.27. The number of nitrogens with one attached hydrogen (secondary N) is 1. The highest BCUT2D eigenvalue weighted by Crippen LogP contribution is 2.17. The molecule has 0 bridgehead atoms. The minimum Gasteiger partial charge on any atom is -0.355 e. The fourth-order valence-electron chi connectivity index (χ4n) is 1.91. The smallest absolute Gasteiger partial charge is 0.239 e. The van der Waals surface area contributed by atoms with E-state index in [4.69, 9.17) is 0 Å². The first kappa shape index (κ1) is 11.7. The highest BCUT2D eigenvalue weighted by atomic mass is 16.1. The molecule has 0 aliphatic carbocycles. The Morgan fingerprint density at radius 1 is 1.35 bits per heavy atom. The van der Waals surface area contributed by atoms with Crippen LogP contribution in [0, 0.1) is 6.92 Å². The zero-order valence-electron chi connectivity index (χ0n) is 10.4. The number of hydrogen-bond donors (Lipinski definition) is 1. The lowest BCUT2D eigenvalue weighted by molar-refractivity contribution is -0.121. The number of fused-ring (bicyclic) bond motifs is 1. The van der Waals surface area contributed by atoms with Crippen LogP contribution >= 0.6 is 0 Å². The van der Waals surface area contributed by atoms with Gasteiger partial charge in [-0.05, 0) is 36.4 Å². The van der Waals surface area contributed by atoms with Crippen LogP contribution in [0.25, 0.3) is 10.9 Å². The molecular weight excluding hydrogens is 212 g/mol. The molecule has 0 radical (unpaired) electrons. The minimum absolute atomic E-state index is 0.0749. The molecule has 3 nitrogen and oxygen atoms in total. The van der Waals surface area contributed by atoms with Crippen molar-refractivity contribution in [2.24, 2.45) is 0 Å². The molecule has 0 saturated heterocycles. The van der Waals surface area contributed by atoms with Crippen molar-refractivity contribution in [2.45, 2.75) is 26.8 Å². The fraction of sp³-hybridized carbons (Fsp3) is 0.357. The van der Waals surface area contributed by atoms with Gasteiger partial charge in [0, 0.05) is 18.3 Å². The van der Waals surface area contributed by atoms with E-state index in [1.807, 2.05) is 16.8 Å². The van der Waals surface area contributed by atoms with Crippen molar-refractivity contribution >= 4 is 16.8 Å². The van der Waals surface area contributed by atoms with E-state index in [0.29, 0.717) is 6.54 Å². The van der Waals surface area contributed by atoms with Gasteiger partial charge in [-0.2, -0.15) is 0 Å². The van der Waals surface area contributed by atoms with E-state index < -0.39 is 0 Å². The summed E-state index contributed by atoms with van der Waals surface area (Å²) in [5, 5.41) is 4.07. The molecule has 1 heterocycles. The summed E-state index contributed by atoms with van der Waals surface area (Å²) in [5.41, 5.74) is 2.34. The SMILES string of the molecule is CCCNC(=O)Cn1ccc2ccc(C)cc21. The third-order valence-electron chi connectivity index (χ3n) is 2.82. The molecule has 0 spiro atoms. The van der Waals surface area contributed by atoms with Gasteiger partial charge in [-0.15, -0.1) is 0 Å². The predicted octanol–water partition coefficient (Wildman–Crippen LogP) is 2.48. The van der Waals surface area contributed by atoms with Crippen LogP contribution in [0.4, 0.5) is 0 Å². The topological polar surface area (TPSA) is 34.0 Å². The average molecular weight is 230 g/mol. The summed E-state index contributed by atoms with van der Waals surface area (Å²) in [6.45, 7) is 5.26. The minimum atomic E-state index is 0.0749. The van der Waals surface area contributed by atoms with E-state index in [-0.39, 0.29) is 5.91 Å². The van der Waals surface area contributed by atoms with Crippen molar-refractivity contribution < 1.29 is 4.79 Å². The summed E-state index contributed by atoms with van der Waals surface area (Å²) in [5.74, 6) is 0.0749. The second kappa shape index (κ2) is 5.04. The molecule has 0 aliphatic rings. The molecule has 17 heavy (non-hydrogen) atoms. The Morgan fingerprint density at radius 3 is 2.94 bits per heavy atom. The van der Waals surface area contributed by atoms with Crippen LogP contribution in [-0.4, -0.2) is 17.0 Å². The zero-order valence-corrected chi connectivity index (χ0v) is 10.4. The molecule has 0 atom stereocenters. The molecule has 2 rings (SSSR count). The highest BCUT2D eigenvalue weighted by Gasteiger charge is 2.05. The number of aryl methyl sites for hydroxylation is 1. The normalized spacial score (nSPS) is 10.7. The van der Waals surface area contributed by atoms with Gasteiger partial charge in [0.2, 0.25) is 5.91 Å². The molecule has 1 aromatic carbocycles. The molecule has 0 fully saturated rings. The number of aromatic nitrogens is 1. The number of hydrogen-bond acceptors (Lipinski definition) is 1. The number of rotatable bonds is 4. The van der Waals surface area contributed by atoms with Gasteiger partial charge < -0.3 is 9.88 Å². The number of carbonyl (C=O) groups is 1. The van der Waals surface area contributed by atoms with Crippen LogP contribution < -0.4 is 5.32 Å². The van der Waals surface area contributed by atoms with E-state index in [1.54, 1.807) is 0 Å². The Hall–Kier alpha value is -1.77. The summed E-state index contributed by atoms with van der Waals surface area (Å²) < 4.78 is 1.99. The van der Waals surface area contributed by atoms with Crippen LogP contribution in [-0.2, 0) is 11.3 Å². The Kier molecular flexibility index (Phi) is 3.47. The lowest BCUT2D eigenvalue weighted by atomic mass is 10.2. The average Bonchev–Trinajstić information content (AvgIpc) is 2.69. The molecule has 90 valence electrons. The monoisotopic (exact) mass is 230 g/mol. The van der Waals surface area contributed by atoms with E-state index in [1.165, 1.54) is 10.9 Å². The van der Waals surface area contributed by atoms with Crippen LogP contribution in [0.3, 0.4) is 0 Å². The molecule has 3 heteroatoms. The first-order valence-corrected chi connectivity index (χ1v) is 6.03. The van der Waals surface area contributed by atoms with Gasteiger partial charge in [-0.1, -0.05) is 19.1 Å². The highest BCUT2D eigenvalue weighted by molar-refractivity contribution is 5.83. The summed E-state index contributed by atoms with van der Waals surface area (Å²) in [7, 11) is 0. The van der Waals surface area contributed by atoms with Gasteiger partial charge in [0.15, 0.2) is 0 Å². The fourth-order valence-corrected chi connectivity index (χ4v) is 1.91. The third kappa shape index (κ3) is 2.67. The van der Waals surface area contributed by atoms with Gasteiger partial charge in [0.1, 0.15) is 6.54 Å². The van der Waals surface area contributed by atoms with Gasteiger partial charge in [-0.3, -0.25) is 4.79 Å². The Morgan fingerprint density at radius 2 is 2.18 bits per heavy atom. The second-order valence-corrected chi connectivity index (χ2v) is 4.36. The van der Waals surface area contributed by atoms with E-state index in [0.717, 1.165) is 18.5 Å². The van der Waals surface area contributed by atoms with Gasteiger partial charge in [0.25, 0.3) is 0 Å². The third-order valence-corrected chi connectivity index (χ3v) is 2.82. The molecule has 0 unspecified atom stereocenters. The van der Waals surface area contributed by atoms with Crippen LogP contribution in [0.5, 0.6) is 0 Å². The second-order valence-electron chi connectivity index (χ2n) is 4.36. The maximum Gasteiger partial charge on any atom is 0.239 e. The van der Waals surface area contributed by atoms with Gasteiger partial charge in [0.05, 0.1) is 0 Å². The zero-order chi connectivity index (χ0) is 12.3. The van der Waals surface area contributed by atoms with Crippen molar-refractivity contribution in [1.29, 1.82) is 0 Å². The van der Waals surface area contributed by atoms with Crippen LogP contribution in [0.2, 0.25) is 0 Å². The molecule has 1 N–H and O–H groups in total. The molecule has 0 saturated carbocycles. The predicted molar refractivity (Wildman–Crippen MR) is 70.0 cm³/mol. The van der Waals surface area contributed by atoms with Crippen molar-refractivity contribution in [2.75, 3.05) is 6.54 Å². The van der Waals surface area contributed by atoms with Gasteiger partial charge in [-0.25, -0.2) is 0 Å². The first-order chi connectivity index (χ1) is 8.20. The lowest BCUT2D eigenvalue weighted by Gasteiger charge is -2.06. The maximum atomic E-state index is 11.7. The summed E-state index contributed by atoms with van der Waals surface area (Å²) >= 11 is 0. The Labute approximate surface area is 101 Å². The number of amides is 1. The van der Waals surface area contributed by atoms with E-state index in [2.05, 4.69) is 37.4 Å². The number of nitrogens with zero attached hydrogens (tertiary/aromatic N) is 1. The summed E-state index contributed by atoms with van der Waals surface area (Å²) in [6.07, 6.45) is 2.94. The number of benzene rings is 1. The Balaban J connectivity index is 2.18. The summed E-state index contributed by atoms with van der Waals surface area (Å²) in [4.78, 5) is 11.7. The van der Waals surface area contributed by atoms with Crippen molar-refractivity contribution in [3.63, 3.8) is 0 Å². The molecule has 1 amide bonds. The van der Waals surface area contributed by atoms with E-state index >= 15 is 0 Å². The van der Waals surface area contributed by atoms with E-state index in [9.17, 15) is 4.79 Å². The summed E-state index contributed by atoms with van der Waals surface area (Å²) in [6, 6.07) is 8.33. The van der Waals surface area contributed by atoms with Crippen molar-refractivity contribution in [3.05, 3.63) is 36.0 Å². The van der Waals surface area contributed by atoms with Crippen molar-refractivity contribution in [1.82, 2.24) is 9.88 Å². The largest absolute Gasteiger partial charge is 0.355 e. The Bertz CT molecular complexity index is 528. The van der Waals surface area contributed by atoms with Crippen LogP contribution in [0.15, 0.2) is 30.5 Å². The quantitative estimate of drug-likeness (QED) is 0.860. The van der Waals surface area contributed by atoms with Crippen molar-refractivity contribution in [3.8, 4) is 0 Å². The molecular formula is C14H18N2O. The van der Waals surface area contributed by atoms with Gasteiger partial charge >= 0.3 is 0 Å². The van der Waals surface area contributed by atoms with Crippen LogP contribution in [0.1, 0.15) is 18.9 Å². The molecule has 0 aliphatic heterocycles. The maximum absolute atomic E-state index is 11.7. The first-order valence-electron chi connectivity index (χ1n) is 6.03. The number of carbonyl (C=O) groups excluding carboxylic acids is 1. The molecule has 1 aromatic heterocycles. The molecule has 2 aromatic rings.